The van der Waals surface area contributed by atoms with Gasteiger partial charge in [0.1, 0.15) is 0 Å². The second kappa shape index (κ2) is 10.9. The zero-order valence-corrected chi connectivity index (χ0v) is 25.2. The maximum Gasteiger partial charge on any atom is 0.0698 e. The van der Waals surface area contributed by atoms with Crippen molar-refractivity contribution in [2.45, 2.75) is 12.8 Å². The summed E-state index contributed by atoms with van der Waals surface area (Å²) in [5, 5.41) is 25.6. The highest BCUT2D eigenvalue weighted by atomic mass is 15.1. The first-order valence-electron chi connectivity index (χ1n) is 15.7. The number of H-pyrrole nitrogens is 2. The number of nitrogens with one attached hydrogen (secondary N) is 2. The first kappa shape index (κ1) is 26.4. The van der Waals surface area contributed by atoms with E-state index in [1.807, 2.05) is 12.4 Å². The summed E-state index contributed by atoms with van der Waals surface area (Å²) in [6.45, 7) is 0. The van der Waals surface area contributed by atoms with E-state index in [0.717, 1.165) is 24.2 Å². The SMILES string of the molecule is c1ccc2c(-c3[nH]ncc3Cc3ccc(Cc4cn[nH]c4-c4c5ccccc5cc5ccccc45)cc3)c3ccccc3cc2c1. The van der Waals surface area contributed by atoms with Gasteiger partial charge in [0.2, 0.25) is 0 Å². The van der Waals surface area contributed by atoms with Crippen molar-refractivity contribution in [3.05, 3.63) is 168 Å². The van der Waals surface area contributed by atoms with Gasteiger partial charge in [0.15, 0.2) is 0 Å². The van der Waals surface area contributed by atoms with E-state index in [2.05, 4.69) is 154 Å². The molecule has 7 aromatic carbocycles. The van der Waals surface area contributed by atoms with E-state index in [4.69, 9.17) is 0 Å². The third kappa shape index (κ3) is 4.46. The van der Waals surface area contributed by atoms with Crippen LogP contribution in [0.2, 0.25) is 0 Å². The van der Waals surface area contributed by atoms with Gasteiger partial charge in [-0.3, -0.25) is 10.2 Å². The summed E-state index contributed by atoms with van der Waals surface area (Å²) in [5.41, 5.74) is 9.48. The van der Waals surface area contributed by atoms with E-state index in [1.165, 1.54) is 76.5 Å². The number of aromatic nitrogens is 4. The smallest absolute Gasteiger partial charge is 0.0698 e. The maximum atomic E-state index is 4.52. The van der Waals surface area contributed by atoms with Crippen LogP contribution in [0.1, 0.15) is 22.3 Å². The topological polar surface area (TPSA) is 57.4 Å². The summed E-state index contributed by atoms with van der Waals surface area (Å²) < 4.78 is 0. The molecule has 0 aliphatic rings. The van der Waals surface area contributed by atoms with Crippen LogP contribution in [0.15, 0.2) is 146 Å². The lowest BCUT2D eigenvalue weighted by Gasteiger charge is -2.13. The molecule has 4 heteroatoms. The quantitative estimate of drug-likeness (QED) is 0.189. The molecule has 0 spiro atoms. The van der Waals surface area contributed by atoms with Gasteiger partial charge in [-0.25, -0.2) is 0 Å². The normalized spacial score (nSPS) is 11.7. The number of rotatable bonds is 6. The van der Waals surface area contributed by atoms with E-state index in [-0.39, 0.29) is 0 Å². The lowest BCUT2D eigenvalue weighted by atomic mass is 9.91. The van der Waals surface area contributed by atoms with Gasteiger partial charge in [0, 0.05) is 35.1 Å². The molecular formula is C42H30N4. The predicted octanol–water partition coefficient (Wildman–Crippen LogP) is 10.3. The Morgan fingerprint density at radius 1 is 0.391 bits per heavy atom. The second-order valence-electron chi connectivity index (χ2n) is 12.1. The summed E-state index contributed by atoms with van der Waals surface area (Å²) in [4.78, 5) is 0. The van der Waals surface area contributed by atoms with Gasteiger partial charge in [0.25, 0.3) is 0 Å². The molecule has 0 fully saturated rings. The summed E-state index contributed by atoms with van der Waals surface area (Å²) in [6, 6.07) is 48.0. The molecule has 4 nitrogen and oxygen atoms in total. The number of hydrogen-bond donors (Lipinski definition) is 2. The highest BCUT2D eigenvalue weighted by molar-refractivity contribution is 6.13. The number of nitrogens with zero attached hydrogens (tertiary/aromatic N) is 2. The van der Waals surface area contributed by atoms with Crippen molar-refractivity contribution >= 4 is 43.1 Å². The van der Waals surface area contributed by atoms with Crippen molar-refractivity contribution in [2.75, 3.05) is 0 Å². The minimum atomic E-state index is 0.794. The summed E-state index contributed by atoms with van der Waals surface area (Å²) in [5.74, 6) is 0. The average Bonchev–Trinajstić information content (AvgIpc) is 3.76. The van der Waals surface area contributed by atoms with Gasteiger partial charge in [-0.1, -0.05) is 121 Å². The van der Waals surface area contributed by atoms with Crippen molar-refractivity contribution in [3.63, 3.8) is 0 Å². The average molecular weight is 591 g/mol. The molecule has 46 heavy (non-hydrogen) atoms. The van der Waals surface area contributed by atoms with E-state index < -0.39 is 0 Å². The number of aromatic amines is 2. The predicted molar refractivity (Wildman–Crippen MR) is 190 cm³/mol. The zero-order valence-electron chi connectivity index (χ0n) is 25.2. The molecule has 2 heterocycles. The Kier molecular flexibility index (Phi) is 6.24. The highest BCUT2D eigenvalue weighted by Crippen LogP contribution is 2.39. The first-order chi connectivity index (χ1) is 22.8. The lowest BCUT2D eigenvalue weighted by molar-refractivity contribution is 1.10. The number of fused-ring (bicyclic) bond motifs is 4. The number of benzene rings is 7. The molecule has 0 atom stereocenters. The fourth-order valence-corrected chi connectivity index (χ4v) is 7.10. The molecule has 0 saturated carbocycles. The van der Waals surface area contributed by atoms with Gasteiger partial charge in [-0.05, 0) is 66.3 Å². The molecular weight excluding hydrogens is 560 g/mol. The molecule has 9 rings (SSSR count). The van der Waals surface area contributed by atoms with Crippen LogP contribution in [-0.4, -0.2) is 20.4 Å². The molecule has 0 aliphatic carbocycles. The second-order valence-corrected chi connectivity index (χ2v) is 12.1. The standard InChI is InChI=1S/C42H30N4/c1-5-13-35-29(9-1)23-30-10-2-6-14-36(30)39(35)41-33(25-43-45-41)21-27-17-19-28(20-18-27)22-34-26-44-46-42(34)40-37-15-7-3-11-31(37)24-32-12-4-8-16-38(32)40/h1-20,23-26H,21-22H2,(H,43,45)(H,44,46). The van der Waals surface area contributed by atoms with Gasteiger partial charge in [-0.2, -0.15) is 10.2 Å². The molecule has 2 aromatic heterocycles. The van der Waals surface area contributed by atoms with Crippen molar-refractivity contribution in [3.8, 4) is 22.5 Å². The Bertz CT molecular complexity index is 2250. The van der Waals surface area contributed by atoms with E-state index in [1.54, 1.807) is 0 Å². The Balaban J connectivity index is 1.04. The highest BCUT2D eigenvalue weighted by Gasteiger charge is 2.17. The number of hydrogen-bond acceptors (Lipinski definition) is 2. The van der Waals surface area contributed by atoms with Crippen LogP contribution in [0.5, 0.6) is 0 Å². The largest absolute Gasteiger partial charge is 0.278 e. The molecule has 0 amide bonds. The zero-order chi connectivity index (χ0) is 30.5. The third-order valence-corrected chi connectivity index (χ3v) is 9.29. The van der Waals surface area contributed by atoms with Gasteiger partial charge >= 0.3 is 0 Å². The monoisotopic (exact) mass is 590 g/mol. The van der Waals surface area contributed by atoms with Crippen LogP contribution in [0.3, 0.4) is 0 Å². The van der Waals surface area contributed by atoms with Crippen LogP contribution in [0.4, 0.5) is 0 Å². The third-order valence-electron chi connectivity index (χ3n) is 9.29. The first-order valence-corrected chi connectivity index (χ1v) is 15.7. The minimum absolute atomic E-state index is 0.794. The molecule has 0 unspecified atom stereocenters. The van der Waals surface area contributed by atoms with Crippen molar-refractivity contribution in [1.29, 1.82) is 0 Å². The Labute approximate surface area is 266 Å². The molecule has 0 aliphatic heterocycles. The Morgan fingerprint density at radius 2 is 0.717 bits per heavy atom. The Morgan fingerprint density at radius 3 is 1.07 bits per heavy atom. The molecule has 0 saturated heterocycles. The van der Waals surface area contributed by atoms with Crippen LogP contribution < -0.4 is 0 Å². The molecule has 218 valence electrons. The van der Waals surface area contributed by atoms with Crippen LogP contribution in [-0.2, 0) is 12.8 Å². The summed E-state index contributed by atoms with van der Waals surface area (Å²) in [7, 11) is 0. The Hall–Kier alpha value is -6.00. The maximum absolute atomic E-state index is 4.52. The van der Waals surface area contributed by atoms with E-state index >= 15 is 0 Å². The van der Waals surface area contributed by atoms with E-state index in [9.17, 15) is 0 Å². The van der Waals surface area contributed by atoms with Crippen molar-refractivity contribution in [1.82, 2.24) is 20.4 Å². The fraction of sp³-hybridized carbons (Fsp3) is 0.0476. The van der Waals surface area contributed by atoms with Crippen LogP contribution >= 0.6 is 0 Å². The minimum Gasteiger partial charge on any atom is -0.278 e. The molecule has 0 radical (unpaired) electrons. The molecule has 9 aromatic rings. The fourth-order valence-electron chi connectivity index (χ4n) is 7.10. The lowest BCUT2D eigenvalue weighted by Crippen LogP contribution is -1.95. The van der Waals surface area contributed by atoms with Crippen molar-refractivity contribution < 1.29 is 0 Å². The van der Waals surface area contributed by atoms with Gasteiger partial charge in [-0.15, -0.1) is 0 Å². The summed E-state index contributed by atoms with van der Waals surface area (Å²) >= 11 is 0. The molecule has 2 N–H and O–H groups in total. The van der Waals surface area contributed by atoms with E-state index in [0.29, 0.717) is 0 Å². The van der Waals surface area contributed by atoms with Crippen LogP contribution in [0, 0.1) is 0 Å². The summed E-state index contributed by atoms with van der Waals surface area (Å²) in [6.07, 6.45) is 5.54. The van der Waals surface area contributed by atoms with Gasteiger partial charge < -0.3 is 0 Å². The van der Waals surface area contributed by atoms with Crippen molar-refractivity contribution in [2.24, 2.45) is 0 Å². The molecule has 0 bridgehead atoms. The van der Waals surface area contributed by atoms with Gasteiger partial charge in [0.05, 0.1) is 23.8 Å². The van der Waals surface area contributed by atoms with Crippen LogP contribution in [0.25, 0.3) is 65.6 Å².